The van der Waals surface area contributed by atoms with Gasteiger partial charge in [0.05, 0.1) is 70.7 Å². The monoisotopic (exact) mass is 790 g/mol. The van der Waals surface area contributed by atoms with E-state index in [2.05, 4.69) is 46.4 Å². The highest BCUT2D eigenvalue weighted by molar-refractivity contribution is 6.73. The van der Waals surface area contributed by atoms with E-state index in [9.17, 15) is 5.11 Å². The molecule has 0 radical (unpaired) electrons. The average Bonchev–Trinajstić information content (AvgIpc) is 3.72. The lowest BCUT2D eigenvalue weighted by Gasteiger charge is -2.37. The Bertz CT molecular complexity index is 1470. The lowest BCUT2D eigenvalue weighted by Crippen LogP contribution is -2.48. The first-order chi connectivity index (χ1) is 27.3. The summed E-state index contributed by atoms with van der Waals surface area (Å²) < 4.78 is 44.2. The molecule has 1 fully saturated rings. The lowest BCUT2D eigenvalue weighted by molar-refractivity contribution is -0.102. The van der Waals surface area contributed by atoms with Gasteiger partial charge in [0, 0.05) is 0 Å². The van der Waals surface area contributed by atoms with E-state index in [4.69, 9.17) is 32.8 Å². The molecule has 0 aromatic heterocycles. The highest BCUT2D eigenvalue weighted by atomic mass is 28.4. The molecule has 1 aliphatic heterocycles. The van der Waals surface area contributed by atoms with Crippen LogP contribution < -0.4 is 9.47 Å². The number of aliphatic hydroxyl groups is 1. The van der Waals surface area contributed by atoms with E-state index in [0.717, 1.165) is 84.8 Å². The van der Waals surface area contributed by atoms with Crippen molar-refractivity contribution in [1.29, 1.82) is 0 Å². The topological polar surface area (TPSA) is 84.8 Å². The Hall–Kier alpha value is -3.02. The second-order valence-corrected chi connectivity index (χ2v) is 19.9. The minimum Gasteiger partial charge on any atom is -0.497 e. The molecule has 0 unspecified atom stereocenters. The quantitative estimate of drug-likeness (QED) is 0.0575. The Morgan fingerprint density at radius 1 is 0.732 bits per heavy atom. The zero-order valence-electron chi connectivity index (χ0n) is 35.0. The Morgan fingerprint density at radius 2 is 1.30 bits per heavy atom. The highest BCUT2D eigenvalue weighted by Crippen LogP contribution is 2.32. The van der Waals surface area contributed by atoms with Gasteiger partial charge in [0.2, 0.25) is 0 Å². The van der Waals surface area contributed by atoms with Gasteiger partial charge in [-0.2, -0.15) is 0 Å². The van der Waals surface area contributed by atoms with Crippen molar-refractivity contribution < 1.29 is 38.0 Å². The van der Waals surface area contributed by atoms with Crippen molar-refractivity contribution in [2.75, 3.05) is 14.2 Å². The van der Waals surface area contributed by atoms with Gasteiger partial charge in [-0.3, -0.25) is 0 Å². The number of hydrogen-bond acceptors (Lipinski definition) is 8. The van der Waals surface area contributed by atoms with Crippen LogP contribution in [0.15, 0.2) is 91.5 Å². The fourth-order valence-corrected chi connectivity index (χ4v) is 10.4. The first-order valence-electron chi connectivity index (χ1n) is 21.1. The normalized spacial score (nSPS) is 18.6. The van der Waals surface area contributed by atoms with Gasteiger partial charge in [0.1, 0.15) is 17.6 Å². The van der Waals surface area contributed by atoms with E-state index in [0.29, 0.717) is 32.7 Å². The third-order valence-corrected chi connectivity index (χ3v) is 16.2. The van der Waals surface area contributed by atoms with Crippen LogP contribution in [0, 0.1) is 0 Å². The van der Waals surface area contributed by atoms with Gasteiger partial charge in [-0.05, 0) is 97.6 Å². The van der Waals surface area contributed by atoms with Crippen LogP contribution >= 0.6 is 0 Å². The van der Waals surface area contributed by atoms with E-state index in [1.165, 1.54) is 0 Å². The highest BCUT2D eigenvalue weighted by Gasteiger charge is 2.38. The maximum Gasteiger partial charge on any atom is 0.193 e. The molecular formula is C47H70O8Si. The number of methoxy groups -OCH3 is 2. The molecule has 3 aromatic rings. The molecule has 4 rings (SSSR count). The van der Waals surface area contributed by atoms with Gasteiger partial charge in [-0.15, -0.1) is 6.58 Å². The van der Waals surface area contributed by atoms with Crippen molar-refractivity contribution in [3.05, 3.63) is 108 Å². The van der Waals surface area contributed by atoms with Crippen molar-refractivity contribution in [3.63, 3.8) is 0 Å². The minimum absolute atomic E-state index is 0.0194. The minimum atomic E-state index is -2.03. The molecule has 9 heteroatoms. The van der Waals surface area contributed by atoms with Crippen LogP contribution in [0.2, 0.25) is 18.1 Å². The predicted molar refractivity (Wildman–Crippen MR) is 228 cm³/mol. The molecule has 1 heterocycles. The summed E-state index contributed by atoms with van der Waals surface area (Å²) >= 11 is 0. The fraction of sp³-hybridized carbons (Fsp3) is 0.574. The Labute approximate surface area is 339 Å². The molecule has 0 bridgehead atoms. The fourth-order valence-electron chi connectivity index (χ4n) is 7.64. The molecule has 56 heavy (non-hydrogen) atoms. The Kier molecular flexibility index (Phi) is 20.1. The first kappa shape index (κ1) is 45.7. The van der Waals surface area contributed by atoms with Gasteiger partial charge in [0.25, 0.3) is 0 Å². The van der Waals surface area contributed by atoms with Gasteiger partial charge in [0.15, 0.2) is 8.32 Å². The molecule has 1 N–H and O–H groups in total. The van der Waals surface area contributed by atoms with Crippen LogP contribution in [-0.4, -0.2) is 70.4 Å². The maximum atomic E-state index is 12.0. The third-order valence-electron chi connectivity index (χ3n) is 11.5. The van der Waals surface area contributed by atoms with Crippen molar-refractivity contribution in [1.82, 2.24) is 0 Å². The molecular weight excluding hydrogens is 721 g/mol. The number of unbranched alkanes of at least 4 members (excludes halogenated alkanes) is 1. The summed E-state index contributed by atoms with van der Waals surface area (Å²) in [5.41, 5.74) is 3.24. The molecule has 3 aromatic carbocycles. The SMILES string of the molecule is C=C[C@@H](O[Si](CC)(CC)CC)[C@H](OCc1ccccc1)[C@H](O)CC[C@H](C[C@H]1CC[C@H]([C@@H](CCCC)OCc2ccc(OC)cc2)O1)OCc1ccc(OC)cc1. The second kappa shape index (κ2) is 24.7. The molecule has 0 aliphatic carbocycles. The lowest BCUT2D eigenvalue weighted by atomic mass is 9.98. The molecule has 0 amide bonds. The van der Waals surface area contributed by atoms with Gasteiger partial charge < -0.3 is 38.0 Å². The molecule has 1 saturated heterocycles. The van der Waals surface area contributed by atoms with Crippen LogP contribution in [0.3, 0.4) is 0 Å². The summed E-state index contributed by atoms with van der Waals surface area (Å²) in [7, 11) is 1.33. The van der Waals surface area contributed by atoms with Crippen LogP contribution in [0.25, 0.3) is 0 Å². The molecule has 0 spiro atoms. The van der Waals surface area contributed by atoms with Crippen molar-refractivity contribution in [3.8, 4) is 11.5 Å². The zero-order chi connectivity index (χ0) is 40.2. The summed E-state index contributed by atoms with van der Waals surface area (Å²) in [6.07, 6.45) is 6.89. The van der Waals surface area contributed by atoms with Crippen LogP contribution in [-0.2, 0) is 43.2 Å². The summed E-state index contributed by atoms with van der Waals surface area (Å²) in [4.78, 5) is 0. The first-order valence-corrected chi connectivity index (χ1v) is 23.6. The number of ether oxygens (including phenoxy) is 6. The summed E-state index contributed by atoms with van der Waals surface area (Å²) in [6.45, 7) is 14.4. The number of hydrogen-bond donors (Lipinski definition) is 1. The molecule has 310 valence electrons. The second-order valence-electron chi connectivity index (χ2n) is 15.2. The average molecular weight is 791 g/mol. The van der Waals surface area contributed by atoms with Crippen LogP contribution in [0.5, 0.6) is 11.5 Å². The molecule has 7 atom stereocenters. The van der Waals surface area contributed by atoms with Gasteiger partial charge in [-0.25, -0.2) is 0 Å². The number of aliphatic hydroxyl groups excluding tert-OH is 1. The van der Waals surface area contributed by atoms with Gasteiger partial charge in [-0.1, -0.05) is 101 Å². The smallest absolute Gasteiger partial charge is 0.193 e. The maximum absolute atomic E-state index is 12.0. The number of rotatable bonds is 28. The van der Waals surface area contributed by atoms with E-state index < -0.39 is 26.6 Å². The van der Waals surface area contributed by atoms with Crippen molar-refractivity contribution >= 4 is 8.32 Å². The predicted octanol–water partition coefficient (Wildman–Crippen LogP) is 10.6. The third kappa shape index (κ3) is 14.4. The largest absolute Gasteiger partial charge is 0.497 e. The van der Waals surface area contributed by atoms with Gasteiger partial charge >= 0.3 is 0 Å². The molecule has 0 saturated carbocycles. The zero-order valence-corrected chi connectivity index (χ0v) is 36.0. The van der Waals surface area contributed by atoms with E-state index in [1.807, 2.05) is 72.8 Å². The summed E-state index contributed by atoms with van der Waals surface area (Å²) in [6, 6.07) is 29.2. The Morgan fingerprint density at radius 3 is 1.86 bits per heavy atom. The van der Waals surface area contributed by atoms with Crippen molar-refractivity contribution in [2.24, 2.45) is 0 Å². The number of benzene rings is 3. The van der Waals surface area contributed by atoms with Crippen molar-refractivity contribution in [2.45, 2.75) is 160 Å². The molecule has 8 nitrogen and oxygen atoms in total. The summed E-state index contributed by atoms with van der Waals surface area (Å²) in [5, 5.41) is 12.0. The van der Waals surface area contributed by atoms with Crippen LogP contribution in [0.1, 0.15) is 95.8 Å². The summed E-state index contributed by atoms with van der Waals surface area (Å²) in [5.74, 6) is 1.65. The molecule has 1 aliphatic rings. The van der Waals surface area contributed by atoms with Crippen LogP contribution in [0.4, 0.5) is 0 Å². The standard InChI is InChI=1S/C47H70O8Si/c1-8-13-19-45(52-34-38-22-26-40(50-7)27-23-38)46-31-29-42(54-46)32-41(51-33-37-20-24-39(49-6)25-21-37)28-30-43(48)47(53-35-36-17-15-14-16-18-36)44(9-2)55-56(10-3,11-4)12-5/h9,14-18,20-27,41-48H,2,8,10-13,19,28-35H2,1,3-7H3/t41-,42-,43-,44-,45-,46-,47-/m1/s1. The van der Waals surface area contributed by atoms with E-state index in [-0.39, 0.29) is 24.4 Å². The Balaban J connectivity index is 1.46. The van der Waals surface area contributed by atoms with E-state index in [1.54, 1.807) is 14.2 Å². The van der Waals surface area contributed by atoms with E-state index >= 15 is 0 Å².